The van der Waals surface area contributed by atoms with E-state index >= 15 is 0 Å². The smallest absolute Gasteiger partial charge is 0.315 e. The van der Waals surface area contributed by atoms with E-state index in [0.717, 1.165) is 17.8 Å². The maximum atomic E-state index is 12.2. The number of amides is 2. The quantitative estimate of drug-likeness (QED) is 0.798. The van der Waals surface area contributed by atoms with Crippen LogP contribution in [0.1, 0.15) is 52.4 Å². The number of hydrogen-bond acceptors (Lipinski definition) is 3. The Morgan fingerprint density at radius 3 is 2.68 bits per heavy atom. The Morgan fingerprint density at radius 2 is 2.18 bits per heavy atom. The molecule has 0 saturated carbocycles. The average molecular weight is 308 g/mol. The molecule has 0 spiro atoms. The van der Waals surface area contributed by atoms with Crippen LogP contribution in [0.2, 0.25) is 0 Å². The first kappa shape index (κ1) is 16.8. The lowest BCUT2D eigenvalue weighted by atomic mass is 9.94. The Kier molecular flexibility index (Phi) is 4.52. The molecule has 2 heterocycles. The van der Waals surface area contributed by atoms with Crippen molar-refractivity contribution in [3.63, 3.8) is 0 Å². The highest BCUT2D eigenvalue weighted by molar-refractivity contribution is 5.74. The number of rotatable bonds is 4. The lowest BCUT2D eigenvalue weighted by Crippen LogP contribution is -2.51. The number of nitrogens with one attached hydrogen (secondary N) is 3. The number of hydrogen-bond donors (Lipinski definition) is 3. The first-order chi connectivity index (χ1) is 10.1. The summed E-state index contributed by atoms with van der Waals surface area (Å²) in [5, 5.41) is 13.1. The molecule has 0 aliphatic carbocycles. The summed E-state index contributed by atoms with van der Waals surface area (Å²) in [5.74, 6) is 0. The van der Waals surface area contributed by atoms with Crippen LogP contribution in [0.4, 0.5) is 4.79 Å². The van der Waals surface area contributed by atoms with Gasteiger partial charge in [-0.1, -0.05) is 0 Å². The SMILES string of the molecule is Cc1cc(C[C@@H](C)NC(=O)N[C@@H]2CC(C)(C)OC2(C)C)n[nH]1. The van der Waals surface area contributed by atoms with Crippen LogP contribution in [0.5, 0.6) is 0 Å². The molecular formula is C16H28N4O2. The standard InChI is InChI=1S/C16H28N4O2/c1-10(7-12-8-11(2)19-20-12)17-14(21)18-13-9-15(3,4)22-16(13,5)6/h8,10,13H,7,9H2,1-6H3,(H,19,20)(H2,17,18,21)/t10-,13-/m1/s1. The third-order valence-corrected chi connectivity index (χ3v) is 4.03. The number of aromatic amines is 1. The van der Waals surface area contributed by atoms with Crippen LogP contribution in [0, 0.1) is 6.92 Å². The van der Waals surface area contributed by atoms with Gasteiger partial charge in [-0.15, -0.1) is 0 Å². The molecule has 2 atom stereocenters. The Bertz CT molecular complexity index is 536. The summed E-state index contributed by atoms with van der Waals surface area (Å²) in [5.41, 5.74) is 1.41. The van der Waals surface area contributed by atoms with Crippen LogP contribution in [-0.4, -0.2) is 39.5 Å². The van der Waals surface area contributed by atoms with Gasteiger partial charge in [0.05, 0.1) is 22.9 Å². The van der Waals surface area contributed by atoms with Crippen molar-refractivity contribution in [2.24, 2.45) is 0 Å². The molecule has 22 heavy (non-hydrogen) atoms. The molecular weight excluding hydrogens is 280 g/mol. The number of carbonyl (C=O) groups excluding carboxylic acids is 1. The van der Waals surface area contributed by atoms with Crippen LogP contribution < -0.4 is 10.6 Å². The minimum absolute atomic E-state index is 0.00216. The van der Waals surface area contributed by atoms with E-state index in [4.69, 9.17) is 4.74 Å². The molecule has 2 rings (SSSR count). The van der Waals surface area contributed by atoms with Crippen molar-refractivity contribution in [1.82, 2.24) is 20.8 Å². The van der Waals surface area contributed by atoms with Crippen molar-refractivity contribution < 1.29 is 9.53 Å². The molecule has 0 unspecified atom stereocenters. The lowest BCUT2D eigenvalue weighted by molar-refractivity contribution is -0.0690. The van der Waals surface area contributed by atoms with E-state index in [0.29, 0.717) is 6.42 Å². The number of H-pyrrole nitrogens is 1. The van der Waals surface area contributed by atoms with Gasteiger partial charge < -0.3 is 15.4 Å². The summed E-state index contributed by atoms with van der Waals surface area (Å²) < 4.78 is 6.00. The van der Waals surface area contributed by atoms with Crippen LogP contribution in [0.3, 0.4) is 0 Å². The number of nitrogens with zero attached hydrogens (tertiary/aromatic N) is 1. The minimum Gasteiger partial charge on any atom is -0.367 e. The van der Waals surface area contributed by atoms with Crippen molar-refractivity contribution >= 4 is 6.03 Å². The first-order valence-electron chi connectivity index (χ1n) is 7.85. The number of aryl methyl sites for hydroxylation is 1. The van der Waals surface area contributed by atoms with Gasteiger partial charge >= 0.3 is 6.03 Å². The van der Waals surface area contributed by atoms with Gasteiger partial charge in [0.25, 0.3) is 0 Å². The Hall–Kier alpha value is -1.56. The van der Waals surface area contributed by atoms with Crippen molar-refractivity contribution in [2.75, 3.05) is 0 Å². The molecule has 0 aromatic carbocycles. The van der Waals surface area contributed by atoms with Crippen LogP contribution in [0.25, 0.3) is 0 Å². The van der Waals surface area contributed by atoms with Crippen molar-refractivity contribution in [1.29, 1.82) is 0 Å². The molecule has 0 bridgehead atoms. The highest BCUT2D eigenvalue weighted by Gasteiger charge is 2.46. The molecule has 6 nitrogen and oxygen atoms in total. The van der Waals surface area contributed by atoms with Crippen LogP contribution >= 0.6 is 0 Å². The fourth-order valence-electron chi connectivity index (χ4n) is 3.15. The molecule has 1 aliphatic rings. The second kappa shape index (κ2) is 5.91. The maximum Gasteiger partial charge on any atom is 0.315 e. The number of aromatic nitrogens is 2. The van der Waals surface area contributed by atoms with Gasteiger partial charge in [-0.25, -0.2) is 4.79 Å². The van der Waals surface area contributed by atoms with E-state index in [1.807, 2.05) is 33.8 Å². The molecule has 124 valence electrons. The fraction of sp³-hybridized carbons (Fsp3) is 0.750. The van der Waals surface area contributed by atoms with E-state index in [1.165, 1.54) is 0 Å². The zero-order valence-electron chi connectivity index (χ0n) is 14.4. The van der Waals surface area contributed by atoms with E-state index in [1.54, 1.807) is 0 Å². The van der Waals surface area contributed by atoms with Gasteiger partial charge in [-0.3, -0.25) is 5.10 Å². The van der Waals surface area contributed by atoms with Gasteiger partial charge in [-0.2, -0.15) is 5.10 Å². The van der Waals surface area contributed by atoms with Crippen LogP contribution in [0.15, 0.2) is 6.07 Å². The molecule has 1 saturated heterocycles. The summed E-state index contributed by atoms with van der Waals surface area (Å²) in [6.07, 6.45) is 1.51. The normalized spacial score (nSPS) is 24.0. The summed E-state index contributed by atoms with van der Waals surface area (Å²) in [7, 11) is 0. The van der Waals surface area contributed by atoms with Gasteiger partial charge in [0.2, 0.25) is 0 Å². The van der Waals surface area contributed by atoms with Gasteiger partial charge in [0.15, 0.2) is 0 Å². The van der Waals surface area contributed by atoms with Crippen molar-refractivity contribution in [3.8, 4) is 0 Å². The molecule has 1 fully saturated rings. The lowest BCUT2D eigenvalue weighted by Gasteiger charge is -2.28. The van der Waals surface area contributed by atoms with Crippen LogP contribution in [-0.2, 0) is 11.2 Å². The molecule has 2 amide bonds. The van der Waals surface area contributed by atoms with Gasteiger partial charge in [0, 0.05) is 18.2 Å². The zero-order chi connectivity index (χ0) is 16.5. The average Bonchev–Trinajstić information content (AvgIpc) is 2.79. The minimum atomic E-state index is -0.358. The zero-order valence-corrected chi connectivity index (χ0v) is 14.4. The second-order valence-electron chi connectivity index (χ2n) is 7.49. The molecule has 3 N–H and O–H groups in total. The molecule has 0 radical (unpaired) electrons. The topological polar surface area (TPSA) is 79.0 Å². The summed E-state index contributed by atoms with van der Waals surface area (Å²) in [4.78, 5) is 12.2. The van der Waals surface area contributed by atoms with Gasteiger partial charge in [-0.05, 0) is 54.0 Å². The Morgan fingerprint density at radius 1 is 1.50 bits per heavy atom. The highest BCUT2D eigenvalue weighted by atomic mass is 16.5. The molecule has 1 aliphatic heterocycles. The van der Waals surface area contributed by atoms with E-state index < -0.39 is 0 Å². The van der Waals surface area contributed by atoms with Gasteiger partial charge in [0.1, 0.15) is 0 Å². The van der Waals surface area contributed by atoms with E-state index in [9.17, 15) is 4.79 Å². The van der Waals surface area contributed by atoms with Crippen molar-refractivity contribution in [3.05, 3.63) is 17.5 Å². The second-order valence-corrected chi connectivity index (χ2v) is 7.49. The predicted molar refractivity (Wildman–Crippen MR) is 85.8 cm³/mol. The molecule has 1 aromatic rings. The number of urea groups is 1. The van der Waals surface area contributed by atoms with Crippen molar-refractivity contribution in [2.45, 2.75) is 77.7 Å². The van der Waals surface area contributed by atoms with E-state index in [2.05, 4.69) is 34.7 Å². The Balaban J connectivity index is 1.85. The third-order valence-electron chi connectivity index (χ3n) is 4.03. The molecule has 1 aromatic heterocycles. The van der Waals surface area contributed by atoms with E-state index in [-0.39, 0.29) is 29.3 Å². The first-order valence-corrected chi connectivity index (χ1v) is 7.85. The maximum absolute atomic E-state index is 12.2. The highest BCUT2D eigenvalue weighted by Crippen LogP contribution is 2.37. The Labute approximate surface area is 132 Å². The number of carbonyl (C=O) groups is 1. The summed E-state index contributed by atoms with van der Waals surface area (Å²) >= 11 is 0. The predicted octanol–water partition coefficient (Wildman–Crippen LogP) is 2.29. The summed E-state index contributed by atoms with van der Waals surface area (Å²) in [6.45, 7) is 12.1. The monoisotopic (exact) mass is 308 g/mol. The number of ether oxygens (including phenoxy) is 1. The third kappa shape index (κ3) is 4.22. The molecule has 6 heteroatoms. The summed E-state index contributed by atoms with van der Waals surface area (Å²) in [6, 6.07) is 1.86. The largest absolute Gasteiger partial charge is 0.367 e. The fourth-order valence-corrected chi connectivity index (χ4v) is 3.15.